The lowest BCUT2D eigenvalue weighted by Gasteiger charge is -2.16. The smallest absolute Gasteiger partial charge is 0.251 e. The third-order valence-electron chi connectivity index (χ3n) is 3.47. The van der Waals surface area contributed by atoms with E-state index in [0.29, 0.717) is 28.8 Å². The molecular weight excluding hydrogens is 255 g/mol. The molecule has 2 rings (SSSR count). The summed E-state index contributed by atoms with van der Waals surface area (Å²) < 4.78 is 13.7. The zero-order chi connectivity index (χ0) is 14.7. The van der Waals surface area contributed by atoms with Gasteiger partial charge in [0.1, 0.15) is 5.82 Å². The van der Waals surface area contributed by atoms with Crippen LogP contribution in [0.5, 0.6) is 0 Å². The number of rotatable bonds is 4. The number of fused-ring (bicyclic) bond motifs is 1. The molecule has 2 aromatic rings. The van der Waals surface area contributed by atoms with E-state index in [1.54, 1.807) is 24.3 Å². The van der Waals surface area contributed by atoms with Gasteiger partial charge in [0.15, 0.2) is 0 Å². The van der Waals surface area contributed by atoms with E-state index in [9.17, 15) is 9.18 Å². The van der Waals surface area contributed by atoms with Crippen molar-refractivity contribution in [1.82, 2.24) is 5.32 Å². The summed E-state index contributed by atoms with van der Waals surface area (Å²) in [4.78, 5) is 12.2. The predicted octanol–water partition coefficient (Wildman–Crippen LogP) is 2.69. The molecular formula is C16H19FN2O. The highest BCUT2D eigenvalue weighted by atomic mass is 19.1. The first-order valence-corrected chi connectivity index (χ1v) is 6.71. The standard InChI is InChI=1S/C16H19FN2O/c1-10(2)15(18)9-19-16(20)13-7-8-14(17)12-6-4-3-5-11(12)13/h3-8,10,15H,9,18H2,1-2H3,(H,19,20). The normalized spacial score (nSPS) is 12.7. The molecule has 4 heteroatoms. The summed E-state index contributed by atoms with van der Waals surface area (Å²) in [6, 6.07) is 9.69. The Morgan fingerprint density at radius 3 is 2.50 bits per heavy atom. The summed E-state index contributed by atoms with van der Waals surface area (Å²) in [7, 11) is 0. The van der Waals surface area contributed by atoms with Gasteiger partial charge in [-0.25, -0.2) is 4.39 Å². The topological polar surface area (TPSA) is 55.1 Å². The van der Waals surface area contributed by atoms with Gasteiger partial charge in [0.2, 0.25) is 0 Å². The molecule has 0 spiro atoms. The van der Waals surface area contributed by atoms with Crippen LogP contribution in [0.1, 0.15) is 24.2 Å². The molecule has 0 aliphatic heterocycles. The van der Waals surface area contributed by atoms with Crippen LogP contribution in [0, 0.1) is 11.7 Å². The molecule has 2 aromatic carbocycles. The first-order chi connectivity index (χ1) is 9.50. The van der Waals surface area contributed by atoms with E-state index < -0.39 is 0 Å². The molecule has 0 saturated heterocycles. The lowest BCUT2D eigenvalue weighted by atomic mass is 10.0. The molecule has 0 aliphatic rings. The van der Waals surface area contributed by atoms with Gasteiger partial charge in [-0.1, -0.05) is 38.1 Å². The van der Waals surface area contributed by atoms with Crippen molar-refractivity contribution in [3.8, 4) is 0 Å². The average molecular weight is 274 g/mol. The van der Waals surface area contributed by atoms with Gasteiger partial charge >= 0.3 is 0 Å². The van der Waals surface area contributed by atoms with Gasteiger partial charge in [-0.3, -0.25) is 4.79 Å². The minimum absolute atomic E-state index is 0.0920. The molecule has 106 valence electrons. The van der Waals surface area contributed by atoms with Gasteiger partial charge < -0.3 is 11.1 Å². The molecule has 3 N–H and O–H groups in total. The Morgan fingerprint density at radius 1 is 1.20 bits per heavy atom. The second-order valence-corrected chi connectivity index (χ2v) is 5.26. The summed E-state index contributed by atoms with van der Waals surface area (Å²) in [5.74, 6) is -0.256. The van der Waals surface area contributed by atoms with Crippen LogP contribution in [-0.2, 0) is 0 Å². The molecule has 3 nitrogen and oxygen atoms in total. The fourth-order valence-corrected chi connectivity index (χ4v) is 2.00. The van der Waals surface area contributed by atoms with Crippen LogP contribution >= 0.6 is 0 Å². The highest BCUT2D eigenvalue weighted by Gasteiger charge is 2.14. The number of nitrogens with one attached hydrogen (secondary N) is 1. The van der Waals surface area contributed by atoms with Crippen molar-refractivity contribution in [2.45, 2.75) is 19.9 Å². The molecule has 0 saturated carbocycles. The van der Waals surface area contributed by atoms with Gasteiger partial charge in [0, 0.05) is 23.5 Å². The van der Waals surface area contributed by atoms with E-state index in [0.717, 1.165) is 0 Å². The van der Waals surface area contributed by atoms with Crippen molar-refractivity contribution < 1.29 is 9.18 Å². The largest absolute Gasteiger partial charge is 0.350 e. The van der Waals surface area contributed by atoms with E-state index in [1.807, 2.05) is 13.8 Å². The summed E-state index contributed by atoms with van der Waals surface area (Å²) >= 11 is 0. The highest BCUT2D eigenvalue weighted by Crippen LogP contribution is 2.21. The SMILES string of the molecule is CC(C)C(N)CNC(=O)c1ccc(F)c2ccccc12. The second-order valence-electron chi connectivity index (χ2n) is 5.26. The molecule has 20 heavy (non-hydrogen) atoms. The third-order valence-corrected chi connectivity index (χ3v) is 3.47. The summed E-state index contributed by atoms with van der Waals surface area (Å²) in [5, 5.41) is 3.87. The molecule has 0 fully saturated rings. The van der Waals surface area contributed by atoms with Crippen LogP contribution in [0.2, 0.25) is 0 Å². The molecule has 0 heterocycles. The van der Waals surface area contributed by atoms with Crippen LogP contribution in [-0.4, -0.2) is 18.5 Å². The molecule has 0 bridgehead atoms. The molecule has 0 aromatic heterocycles. The molecule has 1 amide bonds. The fraction of sp³-hybridized carbons (Fsp3) is 0.312. The third kappa shape index (κ3) is 2.96. The maximum absolute atomic E-state index is 13.7. The van der Waals surface area contributed by atoms with Crippen LogP contribution in [0.3, 0.4) is 0 Å². The first kappa shape index (κ1) is 14.5. The predicted molar refractivity (Wildman–Crippen MR) is 79.1 cm³/mol. The van der Waals surface area contributed by atoms with Gasteiger partial charge in [0.05, 0.1) is 0 Å². The van der Waals surface area contributed by atoms with E-state index in [-0.39, 0.29) is 17.8 Å². The number of halogens is 1. The average Bonchev–Trinajstić information content (AvgIpc) is 2.45. The van der Waals surface area contributed by atoms with Crippen molar-refractivity contribution in [2.24, 2.45) is 11.7 Å². The molecule has 1 atom stereocenters. The number of amides is 1. The van der Waals surface area contributed by atoms with E-state index in [2.05, 4.69) is 5.32 Å². The Morgan fingerprint density at radius 2 is 1.85 bits per heavy atom. The van der Waals surface area contributed by atoms with Crippen molar-refractivity contribution in [3.63, 3.8) is 0 Å². The Kier molecular flexibility index (Phi) is 4.35. The van der Waals surface area contributed by atoms with E-state index in [4.69, 9.17) is 5.73 Å². The molecule has 0 aliphatic carbocycles. The zero-order valence-corrected chi connectivity index (χ0v) is 11.7. The lowest BCUT2D eigenvalue weighted by Crippen LogP contribution is -2.40. The lowest BCUT2D eigenvalue weighted by molar-refractivity contribution is 0.0951. The summed E-state index contributed by atoms with van der Waals surface area (Å²) in [6.07, 6.45) is 0. The molecule has 1 unspecified atom stereocenters. The van der Waals surface area contributed by atoms with Gasteiger partial charge in [-0.05, 0) is 23.4 Å². The van der Waals surface area contributed by atoms with Gasteiger partial charge in [-0.2, -0.15) is 0 Å². The fourth-order valence-electron chi connectivity index (χ4n) is 2.00. The minimum Gasteiger partial charge on any atom is -0.350 e. The van der Waals surface area contributed by atoms with Crippen LogP contribution < -0.4 is 11.1 Å². The van der Waals surface area contributed by atoms with Crippen molar-refractivity contribution >= 4 is 16.7 Å². The molecule has 0 radical (unpaired) electrons. The van der Waals surface area contributed by atoms with E-state index >= 15 is 0 Å². The van der Waals surface area contributed by atoms with Crippen LogP contribution in [0.4, 0.5) is 4.39 Å². The van der Waals surface area contributed by atoms with Gasteiger partial charge in [0.25, 0.3) is 5.91 Å². The Bertz CT molecular complexity index is 625. The van der Waals surface area contributed by atoms with Crippen LogP contribution in [0.25, 0.3) is 10.8 Å². The number of carbonyl (C=O) groups excluding carboxylic acids is 1. The van der Waals surface area contributed by atoms with Crippen LogP contribution in [0.15, 0.2) is 36.4 Å². The maximum Gasteiger partial charge on any atom is 0.251 e. The Labute approximate surface area is 118 Å². The Hall–Kier alpha value is -1.94. The monoisotopic (exact) mass is 274 g/mol. The van der Waals surface area contributed by atoms with Crippen molar-refractivity contribution in [1.29, 1.82) is 0 Å². The second kappa shape index (κ2) is 6.01. The summed E-state index contributed by atoms with van der Waals surface area (Å²) in [5.41, 5.74) is 6.38. The zero-order valence-electron chi connectivity index (χ0n) is 11.7. The minimum atomic E-state index is -0.323. The Balaban J connectivity index is 2.25. The van der Waals surface area contributed by atoms with Gasteiger partial charge in [-0.15, -0.1) is 0 Å². The number of carbonyl (C=O) groups is 1. The quantitative estimate of drug-likeness (QED) is 0.900. The maximum atomic E-state index is 13.7. The summed E-state index contributed by atoms with van der Waals surface area (Å²) in [6.45, 7) is 4.41. The first-order valence-electron chi connectivity index (χ1n) is 6.71. The van der Waals surface area contributed by atoms with Crippen molar-refractivity contribution in [2.75, 3.05) is 6.54 Å². The number of hydrogen-bond acceptors (Lipinski definition) is 2. The highest BCUT2D eigenvalue weighted by molar-refractivity contribution is 6.07. The van der Waals surface area contributed by atoms with E-state index in [1.165, 1.54) is 12.1 Å². The number of nitrogens with two attached hydrogens (primary N) is 1. The van der Waals surface area contributed by atoms with Crippen molar-refractivity contribution in [3.05, 3.63) is 47.8 Å². The number of hydrogen-bond donors (Lipinski definition) is 2. The number of benzene rings is 2.